The number of benzene rings is 1. The van der Waals surface area contributed by atoms with Crippen molar-refractivity contribution in [1.29, 1.82) is 0 Å². The van der Waals surface area contributed by atoms with Crippen molar-refractivity contribution >= 4 is 43.5 Å². The molecule has 16 heavy (non-hydrogen) atoms. The molecule has 0 aliphatic carbocycles. The van der Waals surface area contributed by atoms with Crippen LogP contribution >= 0.6 is 31.9 Å². The van der Waals surface area contributed by atoms with Crippen molar-refractivity contribution in [2.24, 2.45) is 0 Å². The summed E-state index contributed by atoms with van der Waals surface area (Å²) in [6.07, 6.45) is 0. The summed E-state index contributed by atoms with van der Waals surface area (Å²) in [6.45, 7) is 0. The van der Waals surface area contributed by atoms with E-state index < -0.39 is 20.5 Å². The first-order valence-electron chi connectivity index (χ1n) is 4.17. The van der Waals surface area contributed by atoms with Crippen LogP contribution in [0.5, 0.6) is 0 Å². The van der Waals surface area contributed by atoms with E-state index >= 15 is 0 Å². The van der Waals surface area contributed by atoms with Gasteiger partial charge in [-0.2, -0.15) is 0 Å². The summed E-state index contributed by atoms with van der Waals surface area (Å²) < 4.78 is 0. The van der Waals surface area contributed by atoms with Crippen LogP contribution in [-0.4, -0.2) is 15.7 Å². The van der Waals surface area contributed by atoms with Gasteiger partial charge in [-0.05, 0) is 5.56 Å². The first-order chi connectivity index (χ1) is 7.43. The standard InChI is InChI=1S/C9H7Br2NO4/c10-7(8(11)9(13)14)5-1-3-6(4-2-5)12(15)16/h1-4,7-8H,(H,13,14)/p-1/t7-,8+/m0/s1. The van der Waals surface area contributed by atoms with Crippen LogP contribution in [0.2, 0.25) is 0 Å². The summed E-state index contributed by atoms with van der Waals surface area (Å²) in [7, 11) is 0. The van der Waals surface area contributed by atoms with Gasteiger partial charge < -0.3 is 9.90 Å². The maximum absolute atomic E-state index is 10.6. The Morgan fingerprint density at radius 1 is 1.25 bits per heavy atom. The highest BCUT2D eigenvalue weighted by Gasteiger charge is 2.19. The molecule has 0 bridgehead atoms. The SMILES string of the molecule is O=C([O-])[C@H](Br)[C@@H](Br)c1ccc([N+](=O)[O-])cc1. The predicted molar refractivity (Wildman–Crippen MR) is 62.5 cm³/mol. The fourth-order valence-corrected chi connectivity index (χ4v) is 1.89. The summed E-state index contributed by atoms with van der Waals surface area (Å²) in [5, 5.41) is 21.0. The number of alkyl halides is 2. The average molecular weight is 352 g/mol. The molecule has 7 heteroatoms. The first kappa shape index (κ1) is 13.1. The predicted octanol–water partition coefficient (Wildman–Crippen LogP) is 1.54. The maximum atomic E-state index is 10.6. The number of nitrogens with zero attached hydrogens (tertiary/aromatic N) is 1. The Kier molecular flexibility index (Phi) is 4.43. The van der Waals surface area contributed by atoms with Crippen molar-refractivity contribution in [3.63, 3.8) is 0 Å². The Morgan fingerprint density at radius 3 is 2.12 bits per heavy atom. The lowest BCUT2D eigenvalue weighted by molar-refractivity contribution is -0.384. The van der Waals surface area contributed by atoms with Crippen molar-refractivity contribution in [1.82, 2.24) is 0 Å². The number of carboxylic acid groups (broad SMARTS) is 1. The van der Waals surface area contributed by atoms with E-state index in [2.05, 4.69) is 31.9 Å². The zero-order valence-corrected chi connectivity index (χ0v) is 11.0. The third kappa shape index (κ3) is 3.02. The van der Waals surface area contributed by atoms with Gasteiger partial charge in [0, 0.05) is 12.1 Å². The largest absolute Gasteiger partial charge is 0.549 e. The van der Waals surface area contributed by atoms with Gasteiger partial charge in [-0.3, -0.25) is 10.1 Å². The molecular formula is C9H6Br2NO4-. The second-order valence-electron chi connectivity index (χ2n) is 2.97. The monoisotopic (exact) mass is 350 g/mol. The normalized spacial score (nSPS) is 14.1. The fourth-order valence-electron chi connectivity index (χ4n) is 1.07. The van der Waals surface area contributed by atoms with E-state index in [1.54, 1.807) is 0 Å². The maximum Gasteiger partial charge on any atom is 0.269 e. The second kappa shape index (κ2) is 5.40. The summed E-state index contributed by atoms with van der Waals surface area (Å²) >= 11 is 6.12. The van der Waals surface area contributed by atoms with E-state index in [4.69, 9.17) is 0 Å². The number of carbonyl (C=O) groups excluding carboxylic acids is 1. The molecule has 0 fully saturated rings. The number of carboxylic acids is 1. The first-order valence-corrected chi connectivity index (χ1v) is 6.00. The van der Waals surface area contributed by atoms with E-state index in [0.29, 0.717) is 5.56 Å². The number of nitro benzene ring substituents is 1. The van der Waals surface area contributed by atoms with Crippen molar-refractivity contribution in [2.75, 3.05) is 0 Å². The summed E-state index contributed by atoms with van der Waals surface area (Å²) in [5.41, 5.74) is 0.583. The molecule has 0 saturated carbocycles. The molecule has 0 unspecified atom stereocenters. The van der Waals surface area contributed by atoms with Crippen LogP contribution in [0.15, 0.2) is 24.3 Å². The minimum atomic E-state index is -1.25. The van der Waals surface area contributed by atoms with Crippen molar-refractivity contribution in [3.05, 3.63) is 39.9 Å². The molecule has 0 aromatic heterocycles. The molecule has 5 nitrogen and oxygen atoms in total. The summed E-state index contributed by atoms with van der Waals surface area (Å²) in [5.74, 6) is -1.25. The number of hydrogen-bond acceptors (Lipinski definition) is 4. The van der Waals surface area contributed by atoms with Crippen molar-refractivity contribution < 1.29 is 14.8 Å². The summed E-state index contributed by atoms with van der Waals surface area (Å²) in [4.78, 5) is 19.1. The van der Waals surface area contributed by atoms with Gasteiger partial charge in [-0.15, -0.1) is 0 Å². The van der Waals surface area contributed by atoms with Crippen LogP contribution in [0.25, 0.3) is 0 Å². The number of carbonyl (C=O) groups is 1. The minimum absolute atomic E-state index is 0.0389. The van der Waals surface area contributed by atoms with Gasteiger partial charge >= 0.3 is 0 Å². The molecule has 86 valence electrons. The zero-order chi connectivity index (χ0) is 12.3. The Balaban J connectivity index is 2.89. The van der Waals surface area contributed by atoms with Crippen LogP contribution in [0.4, 0.5) is 5.69 Å². The average Bonchev–Trinajstić information content (AvgIpc) is 2.27. The topological polar surface area (TPSA) is 83.3 Å². The molecule has 1 aromatic rings. The molecule has 0 aliphatic rings. The summed E-state index contributed by atoms with van der Waals surface area (Å²) in [6, 6.07) is 5.63. The van der Waals surface area contributed by atoms with Crippen molar-refractivity contribution in [3.8, 4) is 0 Å². The lowest BCUT2D eigenvalue weighted by Crippen LogP contribution is -2.34. The Bertz CT molecular complexity index is 406. The van der Waals surface area contributed by atoms with Crippen LogP contribution in [0, 0.1) is 10.1 Å². The highest BCUT2D eigenvalue weighted by molar-refractivity contribution is 9.12. The number of non-ortho nitro benzene ring substituents is 1. The molecule has 1 rings (SSSR count). The molecule has 0 heterocycles. The molecule has 1 aromatic carbocycles. The number of rotatable bonds is 4. The van der Waals surface area contributed by atoms with E-state index in [1.807, 2.05) is 0 Å². The molecule has 0 amide bonds. The molecular weight excluding hydrogens is 346 g/mol. The molecule has 0 radical (unpaired) electrons. The molecule has 0 aliphatic heterocycles. The van der Waals surface area contributed by atoms with Gasteiger partial charge in [0.2, 0.25) is 0 Å². The van der Waals surface area contributed by atoms with Crippen molar-refractivity contribution in [2.45, 2.75) is 9.65 Å². The van der Waals surface area contributed by atoms with E-state index in [-0.39, 0.29) is 5.69 Å². The highest BCUT2D eigenvalue weighted by Crippen LogP contribution is 2.31. The molecule has 0 saturated heterocycles. The molecule has 0 N–H and O–H groups in total. The van der Waals surface area contributed by atoms with E-state index in [0.717, 1.165) is 0 Å². The van der Waals surface area contributed by atoms with E-state index in [9.17, 15) is 20.0 Å². The van der Waals surface area contributed by atoms with Gasteiger partial charge in [0.05, 0.1) is 20.5 Å². The lowest BCUT2D eigenvalue weighted by atomic mass is 10.1. The van der Waals surface area contributed by atoms with Gasteiger partial charge in [0.25, 0.3) is 5.69 Å². The Labute approximate surface area is 108 Å². The van der Waals surface area contributed by atoms with Crippen LogP contribution in [-0.2, 0) is 4.79 Å². The number of hydrogen-bond donors (Lipinski definition) is 0. The Morgan fingerprint density at radius 2 is 1.75 bits per heavy atom. The molecule has 2 atom stereocenters. The third-order valence-electron chi connectivity index (χ3n) is 1.90. The lowest BCUT2D eigenvalue weighted by Gasteiger charge is -2.17. The minimum Gasteiger partial charge on any atom is -0.549 e. The van der Waals surface area contributed by atoms with E-state index in [1.165, 1.54) is 24.3 Å². The number of nitro groups is 1. The number of halogens is 2. The van der Waals surface area contributed by atoms with Crippen LogP contribution in [0.3, 0.4) is 0 Å². The quantitative estimate of drug-likeness (QED) is 0.468. The van der Waals surface area contributed by atoms with Crippen LogP contribution < -0.4 is 5.11 Å². The van der Waals surface area contributed by atoms with Gasteiger partial charge in [-0.25, -0.2) is 0 Å². The second-order valence-corrected chi connectivity index (χ2v) is 4.94. The van der Waals surface area contributed by atoms with Crippen LogP contribution in [0.1, 0.15) is 10.4 Å². The van der Waals surface area contributed by atoms with Gasteiger partial charge in [0.1, 0.15) is 0 Å². The highest BCUT2D eigenvalue weighted by atomic mass is 79.9. The zero-order valence-electron chi connectivity index (χ0n) is 7.80. The fraction of sp³-hybridized carbons (Fsp3) is 0.222. The number of aliphatic carboxylic acids is 1. The third-order valence-corrected chi connectivity index (χ3v) is 4.57. The van der Waals surface area contributed by atoms with Gasteiger partial charge in [-0.1, -0.05) is 44.0 Å². The molecule has 0 spiro atoms. The van der Waals surface area contributed by atoms with Gasteiger partial charge in [0.15, 0.2) is 0 Å². The smallest absolute Gasteiger partial charge is 0.269 e. The Hall–Kier alpha value is -0.950.